The van der Waals surface area contributed by atoms with Crippen LogP contribution in [0.15, 0.2) is 0 Å². The van der Waals surface area contributed by atoms with E-state index >= 15 is 0 Å². The lowest BCUT2D eigenvalue weighted by molar-refractivity contribution is -0.0254. The van der Waals surface area contributed by atoms with E-state index in [-0.39, 0.29) is 18.8 Å². The SMILES string of the molecule is N[C@H]1CC[C@@H](CO)OC1. The smallest absolute Gasteiger partial charge is 0.0807 e. The van der Waals surface area contributed by atoms with E-state index in [1.807, 2.05) is 0 Å². The molecule has 54 valence electrons. The molecular weight excluding hydrogens is 118 g/mol. The fourth-order valence-corrected chi connectivity index (χ4v) is 0.970. The van der Waals surface area contributed by atoms with Crippen molar-refractivity contribution in [1.82, 2.24) is 0 Å². The zero-order chi connectivity index (χ0) is 6.69. The van der Waals surface area contributed by atoms with Gasteiger partial charge in [-0.25, -0.2) is 0 Å². The van der Waals surface area contributed by atoms with Crippen LogP contribution < -0.4 is 5.73 Å². The largest absolute Gasteiger partial charge is 0.394 e. The summed E-state index contributed by atoms with van der Waals surface area (Å²) in [4.78, 5) is 0. The Morgan fingerprint density at radius 1 is 1.56 bits per heavy atom. The number of hydrogen-bond donors (Lipinski definition) is 2. The lowest BCUT2D eigenvalue weighted by Crippen LogP contribution is -2.36. The molecular formula is C6H13NO2. The monoisotopic (exact) mass is 131 g/mol. The first-order valence-corrected chi connectivity index (χ1v) is 3.31. The van der Waals surface area contributed by atoms with E-state index < -0.39 is 0 Å². The minimum absolute atomic E-state index is 0.0461. The summed E-state index contributed by atoms with van der Waals surface area (Å²) in [6, 6.07) is 0.188. The van der Waals surface area contributed by atoms with Crippen molar-refractivity contribution in [3.05, 3.63) is 0 Å². The lowest BCUT2D eigenvalue weighted by atomic mass is 10.1. The lowest BCUT2D eigenvalue weighted by Gasteiger charge is -2.24. The van der Waals surface area contributed by atoms with Crippen molar-refractivity contribution >= 4 is 0 Å². The van der Waals surface area contributed by atoms with Crippen molar-refractivity contribution in [2.45, 2.75) is 25.0 Å². The van der Waals surface area contributed by atoms with Crippen molar-refractivity contribution in [2.24, 2.45) is 5.73 Å². The molecule has 1 fully saturated rings. The molecule has 0 radical (unpaired) electrons. The molecule has 0 amide bonds. The Morgan fingerprint density at radius 2 is 2.33 bits per heavy atom. The van der Waals surface area contributed by atoms with E-state index in [0.717, 1.165) is 12.8 Å². The molecule has 0 aromatic carbocycles. The van der Waals surface area contributed by atoms with Crippen LogP contribution in [0.2, 0.25) is 0 Å². The highest BCUT2D eigenvalue weighted by molar-refractivity contribution is 4.70. The van der Waals surface area contributed by atoms with Crippen LogP contribution in [-0.4, -0.2) is 30.5 Å². The normalized spacial score (nSPS) is 36.7. The number of hydrogen-bond acceptors (Lipinski definition) is 3. The molecule has 0 bridgehead atoms. The summed E-state index contributed by atoms with van der Waals surface area (Å²) in [5.41, 5.74) is 5.55. The van der Waals surface area contributed by atoms with Gasteiger partial charge in [-0.3, -0.25) is 0 Å². The first kappa shape index (κ1) is 6.99. The Bertz CT molecular complexity index is 79.1. The minimum Gasteiger partial charge on any atom is -0.394 e. The van der Waals surface area contributed by atoms with Gasteiger partial charge in [0.1, 0.15) is 0 Å². The van der Waals surface area contributed by atoms with Gasteiger partial charge < -0.3 is 15.6 Å². The third-order valence-electron chi connectivity index (χ3n) is 1.61. The van der Waals surface area contributed by atoms with Crippen molar-refractivity contribution in [3.8, 4) is 0 Å². The predicted molar refractivity (Wildman–Crippen MR) is 34.0 cm³/mol. The van der Waals surface area contributed by atoms with Crippen molar-refractivity contribution in [3.63, 3.8) is 0 Å². The van der Waals surface area contributed by atoms with Gasteiger partial charge in [0.25, 0.3) is 0 Å². The van der Waals surface area contributed by atoms with E-state index in [4.69, 9.17) is 15.6 Å². The molecule has 0 aromatic rings. The van der Waals surface area contributed by atoms with Crippen LogP contribution in [0.5, 0.6) is 0 Å². The van der Waals surface area contributed by atoms with Crippen molar-refractivity contribution in [1.29, 1.82) is 0 Å². The highest BCUT2D eigenvalue weighted by Gasteiger charge is 2.17. The molecule has 9 heavy (non-hydrogen) atoms. The molecule has 1 heterocycles. The summed E-state index contributed by atoms with van der Waals surface area (Å²) < 4.78 is 5.16. The van der Waals surface area contributed by atoms with Gasteiger partial charge in [-0.15, -0.1) is 0 Å². The fraction of sp³-hybridized carbons (Fsp3) is 1.00. The van der Waals surface area contributed by atoms with Gasteiger partial charge in [0.15, 0.2) is 0 Å². The van der Waals surface area contributed by atoms with E-state index in [1.165, 1.54) is 0 Å². The topological polar surface area (TPSA) is 55.5 Å². The van der Waals surface area contributed by atoms with Crippen LogP contribution >= 0.6 is 0 Å². The van der Waals surface area contributed by atoms with Gasteiger partial charge in [0.05, 0.1) is 19.3 Å². The summed E-state index contributed by atoms with van der Waals surface area (Å²) in [6.45, 7) is 0.734. The van der Waals surface area contributed by atoms with Gasteiger partial charge in [-0.2, -0.15) is 0 Å². The number of rotatable bonds is 1. The highest BCUT2D eigenvalue weighted by atomic mass is 16.5. The Balaban J connectivity index is 2.18. The number of ether oxygens (including phenoxy) is 1. The average molecular weight is 131 g/mol. The second-order valence-electron chi connectivity index (χ2n) is 2.48. The Kier molecular flexibility index (Phi) is 2.45. The Labute approximate surface area is 54.8 Å². The van der Waals surface area contributed by atoms with E-state index in [1.54, 1.807) is 0 Å². The average Bonchev–Trinajstić information content (AvgIpc) is 1.90. The molecule has 0 aliphatic carbocycles. The van der Waals surface area contributed by atoms with Crippen molar-refractivity contribution < 1.29 is 9.84 Å². The molecule has 0 aromatic heterocycles. The molecule has 1 rings (SSSR count). The Morgan fingerprint density at radius 3 is 2.78 bits per heavy atom. The summed E-state index contributed by atoms with van der Waals surface area (Å²) in [5.74, 6) is 0. The molecule has 3 N–H and O–H groups in total. The molecule has 0 unspecified atom stereocenters. The van der Waals surface area contributed by atoms with Crippen LogP contribution in [0.25, 0.3) is 0 Å². The number of nitrogens with two attached hydrogens (primary N) is 1. The highest BCUT2D eigenvalue weighted by Crippen LogP contribution is 2.10. The first-order chi connectivity index (χ1) is 4.33. The summed E-state index contributed by atoms with van der Waals surface area (Å²) in [5, 5.41) is 8.61. The molecule has 2 atom stereocenters. The van der Waals surface area contributed by atoms with Gasteiger partial charge in [-0.05, 0) is 12.8 Å². The standard InChI is InChI=1S/C6H13NO2/c7-5-1-2-6(3-8)9-4-5/h5-6,8H,1-4,7H2/t5-,6-/m0/s1. The maximum absolute atomic E-state index is 8.61. The van der Waals surface area contributed by atoms with Crippen LogP contribution in [0.3, 0.4) is 0 Å². The van der Waals surface area contributed by atoms with Gasteiger partial charge in [-0.1, -0.05) is 0 Å². The van der Waals surface area contributed by atoms with E-state index in [9.17, 15) is 0 Å². The van der Waals surface area contributed by atoms with E-state index in [0.29, 0.717) is 6.61 Å². The minimum atomic E-state index is 0.0461. The van der Waals surface area contributed by atoms with Crippen LogP contribution in [0, 0.1) is 0 Å². The molecule has 1 aliphatic rings. The maximum atomic E-state index is 8.61. The molecule has 0 saturated carbocycles. The number of aliphatic hydroxyl groups excluding tert-OH is 1. The van der Waals surface area contributed by atoms with Crippen LogP contribution in [0.1, 0.15) is 12.8 Å². The molecule has 1 saturated heterocycles. The molecule has 3 heteroatoms. The fourth-order valence-electron chi connectivity index (χ4n) is 0.970. The van der Waals surface area contributed by atoms with Crippen molar-refractivity contribution in [2.75, 3.05) is 13.2 Å². The number of aliphatic hydroxyl groups is 1. The molecule has 3 nitrogen and oxygen atoms in total. The Hall–Kier alpha value is -0.120. The zero-order valence-corrected chi connectivity index (χ0v) is 5.42. The summed E-state index contributed by atoms with van der Waals surface area (Å²) in [6.07, 6.45) is 1.92. The third-order valence-corrected chi connectivity index (χ3v) is 1.61. The first-order valence-electron chi connectivity index (χ1n) is 3.31. The zero-order valence-electron chi connectivity index (χ0n) is 5.42. The van der Waals surface area contributed by atoms with Crippen LogP contribution in [-0.2, 0) is 4.74 Å². The van der Waals surface area contributed by atoms with E-state index in [2.05, 4.69) is 0 Å². The third kappa shape index (κ3) is 1.93. The maximum Gasteiger partial charge on any atom is 0.0807 e. The summed E-state index contributed by atoms with van der Waals surface area (Å²) >= 11 is 0. The molecule has 0 spiro atoms. The van der Waals surface area contributed by atoms with Gasteiger partial charge in [0.2, 0.25) is 0 Å². The van der Waals surface area contributed by atoms with Gasteiger partial charge >= 0.3 is 0 Å². The quantitative estimate of drug-likeness (QED) is 0.503. The molecule has 1 aliphatic heterocycles. The predicted octanol–water partition coefficient (Wildman–Crippen LogP) is -0.515. The summed E-state index contributed by atoms with van der Waals surface area (Å²) in [7, 11) is 0. The van der Waals surface area contributed by atoms with Crippen LogP contribution in [0.4, 0.5) is 0 Å². The van der Waals surface area contributed by atoms with Gasteiger partial charge in [0, 0.05) is 6.04 Å². The second kappa shape index (κ2) is 3.15. The second-order valence-corrected chi connectivity index (χ2v) is 2.48.